The van der Waals surface area contributed by atoms with Crippen LogP contribution >= 0.6 is 11.6 Å². The predicted molar refractivity (Wildman–Crippen MR) is 69.4 cm³/mol. The lowest BCUT2D eigenvalue weighted by atomic mass is 9.88. The summed E-state index contributed by atoms with van der Waals surface area (Å²) >= 11 is 6.84. The molecule has 1 heterocycles. The number of hydrogen-bond acceptors (Lipinski definition) is 2. The van der Waals surface area contributed by atoms with Crippen LogP contribution in [0.5, 0.6) is 0 Å². The minimum absolute atomic E-state index is 0.0553. The average molecular weight is 255 g/mol. The average Bonchev–Trinajstić information content (AvgIpc) is 2.41. The Morgan fingerprint density at radius 3 is 2.65 bits per heavy atom. The van der Waals surface area contributed by atoms with Crippen molar-refractivity contribution in [3.8, 4) is 0 Å². The van der Waals surface area contributed by atoms with E-state index < -0.39 is 4.87 Å². The molecule has 1 fully saturated rings. The molecular formula is C14H19ClO2. The molecule has 0 N–H and O–H groups in total. The number of benzene rings is 1. The first-order chi connectivity index (χ1) is 8.27. The van der Waals surface area contributed by atoms with Gasteiger partial charge < -0.3 is 9.47 Å². The third-order valence-corrected chi connectivity index (χ3v) is 3.84. The monoisotopic (exact) mass is 254 g/mol. The van der Waals surface area contributed by atoms with Gasteiger partial charge in [0.05, 0.1) is 24.7 Å². The molecule has 1 aromatic carbocycles. The molecule has 1 aliphatic rings. The van der Waals surface area contributed by atoms with Gasteiger partial charge in [0, 0.05) is 0 Å². The second-order valence-corrected chi connectivity index (χ2v) is 5.09. The third-order valence-electron chi connectivity index (χ3n) is 3.19. The first-order valence-electron chi connectivity index (χ1n) is 6.21. The van der Waals surface area contributed by atoms with Gasteiger partial charge in [-0.25, -0.2) is 0 Å². The van der Waals surface area contributed by atoms with Gasteiger partial charge in [-0.3, -0.25) is 0 Å². The zero-order valence-corrected chi connectivity index (χ0v) is 11.0. The fourth-order valence-electron chi connectivity index (χ4n) is 2.32. The van der Waals surface area contributed by atoms with Gasteiger partial charge in [0.1, 0.15) is 6.10 Å². The van der Waals surface area contributed by atoms with E-state index in [0.717, 1.165) is 18.4 Å². The van der Waals surface area contributed by atoms with Crippen LogP contribution in [0.2, 0.25) is 0 Å². The normalized spacial score (nSPS) is 24.2. The first kappa shape index (κ1) is 12.9. The van der Waals surface area contributed by atoms with Crippen molar-refractivity contribution in [2.24, 2.45) is 0 Å². The van der Waals surface area contributed by atoms with Crippen LogP contribution in [0.15, 0.2) is 30.3 Å². The van der Waals surface area contributed by atoms with E-state index in [4.69, 9.17) is 21.1 Å². The van der Waals surface area contributed by atoms with Crippen molar-refractivity contribution in [3.63, 3.8) is 0 Å². The first-order valence-corrected chi connectivity index (χ1v) is 6.59. The molecule has 0 aromatic heterocycles. The molecular weight excluding hydrogens is 236 g/mol. The minimum Gasteiger partial charge on any atom is -0.376 e. The van der Waals surface area contributed by atoms with Gasteiger partial charge in [0.25, 0.3) is 0 Å². The van der Waals surface area contributed by atoms with E-state index in [2.05, 4.69) is 19.1 Å². The van der Waals surface area contributed by atoms with Crippen molar-refractivity contribution in [3.05, 3.63) is 35.9 Å². The Morgan fingerprint density at radius 1 is 1.29 bits per heavy atom. The van der Waals surface area contributed by atoms with Crippen molar-refractivity contribution >= 4 is 11.6 Å². The second kappa shape index (κ2) is 5.85. The van der Waals surface area contributed by atoms with Crippen LogP contribution in [0.25, 0.3) is 0 Å². The SMILES string of the molecule is CCCC(Cl)(c1ccccc1)C1COCCO1. The summed E-state index contributed by atoms with van der Waals surface area (Å²) in [6.45, 7) is 4.03. The van der Waals surface area contributed by atoms with Crippen molar-refractivity contribution in [1.82, 2.24) is 0 Å². The summed E-state index contributed by atoms with van der Waals surface area (Å²) in [7, 11) is 0. The van der Waals surface area contributed by atoms with Crippen LogP contribution in [-0.2, 0) is 14.3 Å². The highest BCUT2D eigenvalue weighted by Gasteiger charge is 2.40. The Balaban J connectivity index is 2.24. The Kier molecular flexibility index (Phi) is 4.43. The summed E-state index contributed by atoms with van der Waals surface area (Å²) in [5.41, 5.74) is 1.12. The molecule has 1 aromatic rings. The van der Waals surface area contributed by atoms with Gasteiger partial charge >= 0.3 is 0 Å². The Hall–Kier alpha value is -0.570. The molecule has 0 amide bonds. The Morgan fingerprint density at radius 2 is 2.06 bits per heavy atom. The van der Waals surface area contributed by atoms with Crippen LogP contribution in [0, 0.1) is 0 Å². The lowest BCUT2D eigenvalue weighted by Crippen LogP contribution is -2.43. The molecule has 1 saturated heterocycles. The zero-order valence-electron chi connectivity index (χ0n) is 10.2. The molecule has 3 heteroatoms. The molecule has 2 unspecified atom stereocenters. The Bertz CT molecular complexity index is 335. The highest BCUT2D eigenvalue weighted by Crippen LogP contribution is 2.39. The standard InChI is InChI=1S/C14H19ClO2/c1-2-8-14(15,12-6-4-3-5-7-12)13-11-16-9-10-17-13/h3-7,13H,2,8-11H2,1H3. The van der Waals surface area contributed by atoms with E-state index in [-0.39, 0.29) is 6.10 Å². The van der Waals surface area contributed by atoms with Crippen molar-refractivity contribution < 1.29 is 9.47 Å². The van der Waals surface area contributed by atoms with Crippen LogP contribution in [0.3, 0.4) is 0 Å². The maximum atomic E-state index is 6.84. The van der Waals surface area contributed by atoms with Gasteiger partial charge in [-0.2, -0.15) is 0 Å². The smallest absolute Gasteiger partial charge is 0.104 e. The quantitative estimate of drug-likeness (QED) is 0.768. The number of hydrogen-bond donors (Lipinski definition) is 0. The number of halogens is 1. The summed E-state index contributed by atoms with van der Waals surface area (Å²) in [5.74, 6) is 0. The topological polar surface area (TPSA) is 18.5 Å². The van der Waals surface area contributed by atoms with Crippen LogP contribution in [0.1, 0.15) is 25.3 Å². The largest absolute Gasteiger partial charge is 0.376 e. The lowest BCUT2D eigenvalue weighted by molar-refractivity contribution is -0.107. The molecule has 2 rings (SSSR count). The molecule has 2 atom stereocenters. The highest BCUT2D eigenvalue weighted by molar-refractivity contribution is 6.24. The number of alkyl halides is 1. The molecule has 0 bridgehead atoms. The maximum absolute atomic E-state index is 6.84. The number of rotatable bonds is 4. The Labute approximate surface area is 108 Å². The fraction of sp³-hybridized carbons (Fsp3) is 0.571. The molecule has 17 heavy (non-hydrogen) atoms. The lowest BCUT2D eigenvalue weighted by Gasteiger charge is -2.37. The predicted octanol–water partition coefficient (Wildman–Crippen LogP) is 3.34. The van der Waals surface area contributed by atoms with Gasteiger partial charge in [-0.05, 0) is 12.0 Å². The molecule has 0 aliphatic carbocycles. The van der Waals surface area contributed by atoms with E-state index >= 15 is 0 Å². The van der Waals surface area contributed by atoms with Gasteiger partial charge in [0.15, 0.2) is 0 Å². The summed E-state index contributed by atoms with van der Waals surface area (Å²) in [6, 6.07) is 10.2. The highest BCUT2D eigenvalue weighted by atomic mass is 35.5. The summed E-state index contributed by atoms with van der Waals surface area (Å²) < 4.78 is 11.3. The van der Waals surface area contributed by atoms with Crippen molar-refractivity contribution in [2.45, 2.75) is 30.7 Å². The van der Waals surface area contributed by atoms with Gasteiger partial charge in [-0.15, -0.1) is 11.6 Å². The maximum Gasteiger partial charge on any atom is 0.104 e. The van der Waals surface area contributed by atoms with Crippen LogP contribution < -0.4 is 0 Å². The molecule has 0 radical (unpaired) electrons. The van der Waals surface area contributed by atoms with Crippen LogP contribution in [-0.4, -0.2) is 25.9 Å². The second-order valence-electron chi connectivity index (χ2n) is 4.41. The van der Waals surface area contributed by atoms with E-state index in [0.29, 0.717) is 19.8 Å². The molecule has 2 nitrogen and oxygen atoms in total. The van der Waals surface area contributed by atoms with E-state index in [1.807, 2.05) is 18.2 Å². The summed E-state index contributed by atoms with van der Waals surface area (Å²) in [5, 5.41) is 0. The molecule has 0 saturated carbocycles. The summed E-state index contributed by atoms with van der Waals surface area (Å²) in [6.07, 6.45) is 1.87. The van der Waals surface area contributed by atoms with E-state index in [1.165, 1.54) is 0 Å². The van der Waals surface area contributed by atoms with Crippen molar-refractivity contribution in [1.29, 1.82) is 0 Å². The van der Waals surface area contributed by atoms with E-state index in [1.54, 1.807) is 0 Å². The van der Waals surface area contributed by atoms with Gasteiger partial charge in [0.2, 0.25) is 0 Å². The van der Waals surface area contributed by atoms with Crippen LogP contribution in [0.4, 0.5) is 0 Å². The van der Waals surface area contributed by atoms with E-state index in [9.17, 15) is 0 Å². The van der Waals surface area contributed by atoms with Gasteiger partial charge in [-0.1, -0.05) is 43.7 Å². The fourth-order valence-corrected chi connectivity index (χ4v) is 2.76. The molecule has 0 spiro atoms. The number of ether oxygens (including phenoxy) is 2. The van der Waals surface area contributed by atoms with Crippen molar-refractivity contribution in [2.75, 3.05) is 19.8 Å². The zero-order chi connectivity index (χ0) is 12.1. The molecule has 94 valence electrons. The molecule has 1 aliphatic heterocycles. The summed E-state index contributed by atoms with van der Waals surface area (Å²) in [4.78, 5) is -0.462. The third kappa shape index (κ3) is 2.82. The minimum atomic E-state index is -0.462.